The Balaban J connectivity index is 2.45. The normalized spacial score (nSPS) is 13.1. The lowest BCUT2D eigenvalue weighted by Gasteiger charge is -2.08. The summed E-state index contributed by atoms with van der Waals surface area (Å²) < 4.78 is 10.2. The summed E-state index contributed by atoms with van der Waals surface area (Å²) in [5.41, 5.74) is 1.09. The number of rotatable bonds is 2. The van der Waals surface area contributed by atoms with Crippen molar-refractivity contribution in [2.24, 2.45) is 0 Å². The van der Waals surface area contributed by atoms with E-state index in [2.05, 4.69) is 0 Å². The molecule has 1 heterocycles. The fourth-order valence-corrected chi connectivity index (χ4v) is 1.64. The van der Waals surface area contributed by atoms with E-state index in [1.165, 1.54) is 6.07 Å². The van der Waals surface area contributed by atoms with Gasteiger partial charge in [-0.25, -0.2) is 4.79 Å². The van der Waals surface area contributed by atoms with Gasteiger partial charge in [0.1, 0.15) is 17.1 Å². The van der Waals surface area contributed by atoms with Crippen LogP contribution in [0.25, 0.3) is 0 Å². The summed E-state index contributed by atoms with van der Waals surface area (Å²) >= 11 is 0. The Morgan fingerprint density at radius 2 is 2.40 bits per heavy atom. The summed E-state index contributed by atoms with van der Waals surface area (Å²) in [6.45, 7) is 2.55. The van der Waals surface area contributed by atoms with Crippen molar-refractivity contribution in [2.75, 3.05) is 13.2 Å². The molecule has 0 aliphatic carbocycles. The molecule has 1 aromatic carbocycles. The van der Waals surface area contributed by atoms with Gasteiger partial charge in [0.2, 0.25) is 0 Å². The Labute approximate surface area is 87.4 Å². The maximum absolute atomic E-state index is 11.6. The van der Waals surface area contributed by atoms with Crippen LogP contribution in [0.1, 0.15) is 22.8 Å². The van der Waals surface area contributed by atoms with Crippen molar-refractivity contribution in [3.8, 4) is 11.5 Å². The Kier molecular flexibility index (Phi) is 2.49. The molecule has 0 spiro atoms. The van der Waals surface area contributed by atoms with Crippen LogP contribution in [-0.2, 0) is 11.2 Å². The van der Waals surface area contributed by atoms with Crippen molar-refractivity contribution in [2.45, 2.75) is 13.3 Å². The molecule has 15 heavy (non-hydrogen) atoms. The zero-order valence-electron chi connectivity index (χ0n) is 8.45. The Hall–Kier alpha value is -1.71. The topological polar surface area (TPSA) is 55.8 Å². The van der Waals surface area contributed by atoms with Crippen molar-refractivity contribution in [1.82, 2.24) is 0 Å². The summed E-state index contributed by atoms with van der Waals surface area (Å²) in [6.07, 6.45) is 0.766. The standard InChI is InChI=1S/C11H12O4/c1-2-14-11(13)9-8(12)4-3-7-5-6-15-10(7)9/h3-4,12H,2,5-6H2,1H3. The minimum absolute atomic E-state index is 0.0888. The molecule has 0 unspecified atom stereocenters. The monoisotopic (exact) mass is 208 g/mol. The van der Waals surface area contributed by atoms with Crippen LogP contribution in [0.3, 0.4) is 0 Å². The molecule has 1 aliphatic rings. The van der Waals surface area contributed by atoms with Gasteiger partial charge in [-0.2, -0.15) is 0 Å². The molecule has 0 saturated carbocycles. The van der Waals surface area contributed by atoms with Gasteiger partial charge in [-0.3, -0.25) is 0 Å². The first-order chi connectivity index (χ1) is 7.24. The highest BCUT2D eigenvalue weighted by Crippen LogP contribution is 2.35. The molecule has 1 aromatic rings. The van der Waals surface area contributed by atoms with E-state index < -0.39 is 5.97 Å². The van der Waals surface area contributed by atoms with Crippen LogP contribution in [-0.4, -0.2) is 24.3 Å². The Morgan fingerprint density at radius 1 is 1.60 bits per heavy atom. The number of ether oxygens (including phenoxy) is 2. The summed E-state index contributed by atoms with van der Waals surface area (Å²) in [7, 11) is 0. The lowest BCUT2D eigenvalue weighted by Crippen LogP contribution is -2.06. The van der Waals surface area contributed by atoms with Crippen LogP contribution in [0.5, 0.6) is 11.5 Å². The first-order valence-corrected chi connectivity index (χ1v) is 4.88. The number of hydrogen-bond donors (Lipinski definition) is 1. The van der Waals surface area contributed by atoms with Gasteiger partial charge in [0.15, 0.2) is 0 Å². The molecule has 0 amide bonds. The fourth-order valence-electron chi connectivity index (χ4n) is 1.64. The highest BCUT2D eigenvalue weighted by Gasteiger charge is 2.25. The van der Waals surface area contributed by atoms with Crippen LogP contribution >= 0.6 is 0 Å². The molecule has 4 heteroatoms. The molecule has 0 saturated heterocycles. The molecule has 1 N–H and O–H groups in total. The molecule has 80 valence electrons. The first kappa shape index (κ1) is 9.83. The van der Waals surface area contributed by atoms with E-state index >= 15 is 0 Å². The second kappa shape index (κ2) is 3.81. The molecular weight excluding hydrogens is 196 g/mol. The predicted octanol–water partition coefficient (Wildman–Crippen LogP) is 1.50. The third-order valence-corrected chi connectivity index (χ3v) is 2.31. The van der Waals surface area contributed by atoms with Gasteiger partial charge >= 0.3 is 5.97 Å². The molecule has 2 rings (SSSR count). The third-order valence-electron chi connectivity index (χ3n) is 2.31. The number of phenolic OH excluding ortho intramolecular Hbond substituents is 1. The SMILES string of the molecule is CCOC(=O)c1c(O)ccc2c1OCC2. The van der Waals surface area contributed by atoms with Crippen LogP contribution in [0.2, 0.25) is 0 Å². The van der Waals surface area contributed by atoms with Crippen molar-refractivity contribution >= 4 is 5.97 Å². The summed E-state index contributed by atoms with van der Waals surface area (Å²) in [6, 6.07) is 3.26. The lowest BCUT2D eigenvalue weighted by atomic mass is 10.1. The molecule has 0 fully saturated rings. The van der Waals surface area contributed by atoms with E-state index in [0.717, 1.165) is 12.0 Å². The molecule has 4 nitrogen and oxygen atoms in total. The van der Waals surface area contributed by atoms with Gasteiger partial charge in [0, 0.05) is 6.42 Å². The molecular formula is C11H12O4. The number of fused-ring (bicyclic) bond motifs is 1. The maximum Gasteiger partial charge on any atom is 0.345 e. The molecule has 1 aliphatic heterocycles. The Bertz CT molecular complexity index is 398. The first-order valence-electron chi connectivity index (χ1n) is 4.88. The van der Waals surface area contributed by atoms with E-state index in [1.54, 1.807) is 13.0 Å². The van der Waals surface area contributed by atoms with Gasteiger partial charge in [0.05, 0.1) is 13.2 Å². The van der Waals surface area contributed by atoms with Crippen LogP contribution in [0.15, 0.2) is 12.1 Å². The van der Waals surface area contributed by atoms with Crippen molar-refractivity contribution in [3.05, 3.63) is 23.3 Å². The third kappa shape index (κ3) is 1.63. The number of aromatic hydroxyl groups is 1. The zero-order valence-corrected chi connectivity index (χ0v) is 8.45. The number of phenols is 1. The fraction of sp³-hybridized carbons (Fsp3) is 0.364. The van der Waals surface area contributed by atoms with Gasteiger partial charge < -0.3 is 14.6 Å². The van der Waals surface area contributed by atoms with Crippen LogP contribution < -0.4 is 4.74 Å². The minimum Gasteiger partial charge on any atom is -0.507 e. The van der Waals surface area contributed by atoms with E-state index in [0.29, 0.717) is 12.4 Å². The highest BCUT2D eigenvalue weighted by molar-refractivity contribution is 5.96. The van der Waals surface area contributed by atoms with Gasteiger partial charge in [-0.1, -0.05) is 6.07 Å². The molecule has 0 bridgehead atoms. The molecule has 0 radical (unpaired) electrons. The van der Waals surface area contributed by atoms with Crippen LogP contribution in [0, 0.1) is 0 Å². The number of benzene rings is 1. The number of carbonyl (C=O) groups is 1. The number of esters is 1. The molecule has 0 aromatic heterocycles. The lowest BCUT2D eigenvalue weighted by molar-refractivity contribution is 0.0519. The largest absolute Gasteiger partial charge is 0.507 e. The highest BCUT2D eigenvalue weighted by atomic mass is 16.5. The zero-order chi connectivity index (χ0) is 10.8. The van der Waals surface area contributed by atoms with Gasteiger partial charge in [0.25, 0.3) is 0 Å². The van der Waals surface area contributed by atoms with E-state index in [4.69, 9.17) is 9.47 Å². The summed E-state index contributed by atoms with van der Waals surface area (Å²) in [4.78, 5) is 11.6. The van der Waals surface area contributed by atoms with E-state index in [1.807, 2.05) is 0 Å². The van der Waals surface area contributed by atoms with Crippen LogP contribution in [0.4, 0.5) is 0 Å². The van der Waals surface area contributed by atoms with Gasteiger partial charge in [-0.15, -0.1) is 0 Å². The average Bonchev–Trinajstić information content (AvgIpc) is 2.65. The predicted molar refractivity (Wildman–Crippen MR) is 53.3 cm³/mol. The number of carbonyl (C=O) groups excluding carboxylic acids is 1. The minimum atomic E-state index is -0.534. The van der Waals surface area contributed by atoms with Crippen molar-refractivity contribution in [3.63, 3.8) is 0 Å². The second-order valence-corrected chi connectivity index (χ2v) is 3.27. The second-order valence-electron chi connectivity index (χ2n) is 3.27. The Morgan fingerprint density at radius 3 is 3.13 bits per heavy atom. The summed E-state index contributed by atoms with van der Waals surface area (Å²) in [5, 5.41) is 9.59. The van der Waals surface area contributed by atoms with E-state index in [-0.39, 0.29) is 17.9 Å². The quantitative estimate of drug-likeness (QED) is 0.748. The van der Waals surface area contributed by atoms with E-state index in [9.17, 15) is 9.90 Å². The van der Waals surface area contributed by atoms with Crippen molar-refractivity contribution in [1.29, 1.82) is 0 Å². The van der Waals surface area contributed by atoms with Crippen molar-refractivity contribution < 1.29 is 19.4 Å². The smallest absolute Gasteiger partial charge is 0.345 e. The van der Waals surface area contributed by atoms with Gasteiger partial charge in [-0.05, 0) is 18.6 Å². The molecule has 0 atom stereocenters. The summed E-state index contributed by atoms with van der Waals surface area (Å²) in [5.74, 6) is -0.156. The number of hydrogen-bond acceptors (Lipinski definition) is 4. The maximum atomic E-state index is 11.6. The average molecular weight is 208 g/mol.